The van der Waals surface area contributed by atoms with Crippen molar-refractivity contribution in [3.63, 3.8) is 0 Å². The lowest BCUT2D eigenvalue weighted by Gasteiger charge is -2.21. The van der Waals surface area contributed by atoms with Crippen LogP contribution in [0.5, 0.6) is 11.5 Å². The number of ether oxygens (including phenoxy) is 4. The van der Waals surface area contributed by atoms with Crippen molar-refractivity contribution in [1.82, 2.24) is 4.57 Å². The zero-order chi connectivity index (χ0) is 23.4. The summed E-state index contributed by atoms with van der Waals surface area (Å²) in [6, 6.07) is 10.9. The summed E-state index contributed by atoms with van der Waals surface area (Å²) in [4.78, 5) is 25.6. The molecule has 0 spiro atoms. The van der Waals surface area contributed by atoms with Gasteiger partial charge in [0.15, 0.2) is 6.79 Å². The molecule has 0 bridgehead atoms. The van der Waals surface area contributed by atoms with Gasteiger partial charge in [0.05, 0.1) is 37.5 Å². The predicted molar refractivity (Wildman–Crippen MR) is 126 cm³/mol. The molecule has 1 aromatic heterocycles. The van der Waals surface area contributed by atoms with Crippen LogP contribution in [0, 0.1) is 0 Å². The van der Waals surface area contributed by atoms with E-state index < -0.39 is 5.97 Å². The second-order valence-electron chi connectivity index (χ2n) is 7.14. The third kappa shape index (κ3) is 5.13. The van der Waals surface area contributed by atoms with Gasteiger partial charge >= 0.3 is 5.97 Å². The molecule has 33 heavy (non-hydrogen) atoms. The first-order valence-corrected chi connectivity index (χ1v) is 11.4. The maximum atomic E-state index is 13.4. The van der Waals surface area contributed by atoms with Crippen LogP contribution < -0.4 is 24.2 Å². The predicted octanol–water partition coefficient (Wildman–Crippen LogP) is 2.66. The van der Waals surface area contributed by atoms with Crippen LogP contribution in [0.3, 0.4) is 0 Å². The largest absolute Gasteiger partial charge is 0.496 e. The Balaban J connectivity index is 1.88. The van der Waals surface area contributed by atoms with Crippen molar-refractivity contribution in [1.29, 1.82) is 0 Å². The zero-order valence-electron chi connectivity index (χ0n) is 18.1. The molecule has 3 aromatic rings. The van der Waals surface area contributed by atoms with Crippen molar-refractivity contribution < 1.29 is 23.7 Å². The van der Waals surface area contributed by atoms with Crippen molar-refractivity contribution in [2.75, 3.05) is 20.5 Å². The number of fused-ring (bicyclic) bond motifs is 1. The molecule has 0 N–H and O–H groups in total. The van der Waals surface area contributed by atoms with Gasteiger partial charge in [0.2, 0.25) is 0 Å². The van der Waals surface area contributed by atoms with Gasteiger partial charge in [-0.3, -0.25) is 9.36 Å². The number of hydrogen-bond acceptors (Lipinski definition) is 7. The molecule has 1 aliphatic heterocycles. The molecule has 0 radical (unpaired) electrons. The number of carbonyl (C=O) groups excluding carboxylic acids is 1. The lowest BCUT2D eigenvalue weighted by Crippen LogP contribution is -2.32. The van der Waals surface area contributed by atoms with Crippen molar-refractivity contribution in [3.05, 3.63) is 77.7 Å². The third-order valence-electron chi connectivity index (χ3n) is 4.97. The molecule has 0 amide bonds. The van der Waals surface area contributed by atoms with Crippen LogP contribution in [0.4, 0.5) is 0 Å². The lowest BCUT2D eigenvalue weighted by atomic mass is 10.1. The van der Waals surface area contributed by atoms with E-state index in [4.69, 9.17) is 30.5 Å². The van der Waals surface area contributed by atoms with E-state index >= 15 is 0 Å². The first-order valence-electron chi connectivity index (χ1n) is 10.2. The molecule has 1 aliphatic rings. The summed E-state index contributed by atoms with van der Waals surface area (Å²) in [5.41, 5.74) is 2.04. The number of benzene rings is 2. The lowest BCUT2D eigenvalue weighted by molar-refractivity contribution is -0.135. The quantitative estimate of drug-likeness (QED) is 0.498. The van der Waals surface area contributed by atoms with Crippen LogP contribution in [0.15, 0.2) is 41.2 Å². The number of halogens is 1. The Kier molecular flexibility index (Phi) is 7.17. The summed E-state index contributed by atoms with van der Waals surface area (Å²) in [7, 11) is 1.57. The number of hydrogen-bond donors (Lipinski definition) is 0. The summed E-state index contributed by atoms with van der Waals surface area (Å²) in [5, 5.41) is 0.512. The Morgan fingerprint density at radius 1 is 1.30 bits per heavy atom. The van der Waals surface area contributed by atoms with Crippen molar-refractivity contribution in [2.45, 2.75) is 20.1 Å². The highest BCUT2D eigenvalue weighted by atomic mass is 35.5. The number of carbonyl (C=O) groups is 1. The van der Waals surface area contributed by atoms with Crippen molar-refractivity contribution in [2.24, 2.45) is 0 Å². The van der Waals surface area contributed by atoms with Gasteiger partial charge in [-0.15, -0.1) is 11.3 Å². The van der Waals surface area contributed by atoms with Crippen molar-refractivity contribution >= 4 is 41.1 Å². The van der Waals surface area contributed by atoms with E-state index in [2.05, 4.69) is 0 Å². The molecule has 2 heterocycles. The van der Waals surface area contributed by atoms with Crippen LogP contribution >= 0.6 is 22.9 Å². The second kappa shape index (κ2) is 10.2. The first kappa shape index (κ1) is 23.1. The molecule has 0 saturated carbocycles. The fourth-order valence-electron chi connectivity index (χ4n) is 3.55. The van der Waals surface area contributed by atoms with Gasteiger partial charge in [-0.1, -0.05) is 29.8 Å². The van der Waals surface area contributed by atoms with E-state index in [1.54, 1.807) is 32.2 Å². The number of aromatic nitrogens is 1. The first-order chi connectivity index (χ1) is 16.0. The Labute approximate surface area is 199 Å². The topological polar surface area (TPSA) is 76.0 Å². The minimum atomic E-state index is -0.519. The Morgan fingerprint density at radius 3 is 2.91 bits per heavy atom. The maximum absolute atomic E-state index is 13.4. The molecule has 0 saturated heterocycles. The number of para-hydroxylation sites is 1. The monoisotopic (exact) mass is 487 g/mol. The highest BCUT2D eigenvalue weighted by Gasteiger charge is 2.18. The molecular weight excluding hydrogens is 466 g/mol. The minimum Gasteiger partial charge on any atom is -0.496 e. The minimum absolute atomic E-state index is 0.120. The number of thiazole rings is 1. The average Bonchev–Trinajstić information content (AvgIpc) is 3.08. The highest BCUT2D eigenvalue weighted by molar-refractivity contribution is 7.07. The van der Waals surface area contributed by atoms with Gasteiger partial charge in [-0.25, -0.2) is 4.79 Å². The number of methoxy groups -OCH3 is 1. The number of esters is 1. The smallest absolute Gasteiger partial charge is 0.333 e. The van der Waals surface area contributed by atoms with Gasteiger partial charge in [0, 0.05) is 21.7 Å². The van der Waals surface area contributed by atoms with Gasteiger partial charge in [0.25, 0.3) is 5.56 Å². The third-order valence-corrected chi connectivity index (χ3v) is 6.25. The van der Waals surface area contributed by atoms with Gasteiger partial charge in [0.1, 0.15) is 16.2 Å². The van der Waals surface area contributed by atoms with E-state index in [-0.39, 0.29) is 25.5 Å². The van der Waals surface area contributed by atoms with Crippen LogP contribution in [0.25, 0.3) is 12.2 Å². The van der Waals surface area contributed by atoms with E-state index in [0.29, 0.717) is 32.3 Å². The summed E-state index contributed by atoms with van der Waals surface area (Å²) in [5.74, 6) is 0.764. The Morgan fingerprint density at radius 2 is 2.12 bits per heavy atom. The van der Waals surface area contributed by atoms with E-state index in [0.717, 1.165) is 16.7 Å². The number of rotatable bonds is 6. The molecule has 9 heteroatoms. The van der Waals surface area contributed by atoms with Crippen LogP contribution in [-0.2, 0) is 27.4 Å². The molecule has 2 aromatic carbocycles. The summed E-state index contributed by atoms with van der Waals surface area (Å²) >= 11 is 7.50. The zero-order valence-corrected chi connectivity index (χ0v) is 19.7. The standard InChI is InChI=1S/C24H22ClNO6S/c1-3-31-22(27)11-21-26(12-16-8-18(25)9-17-13-30-14-32-23(16)17)24(28)20(33-21)10-15-6-4-5-7-19(15)29-2/h4-11H,3,12-14H2,1-2H3/b20-10+,21-11-. The summed E-state index contributed by atoms with van der Waals surface area (Å²) in [6.07, 6.45) is 3.08. The fraction of sp³-hybridized carbons (Fsp3) is 0.250. The van der Waals surface area contributed by atoms with Gasteiger partial charge < -0.3 is 18.9 Å². The van der Waals surface area contributed by atoms with Crippen LogP contribution in [-0.4, -0.2) is 31.0 Å². The molecule has 4 rings (SSSR count). The molecule has 7 nitrogen and oxygen atoms in total. The molecule has 0 aliphatic carbocycles. The second-order valence-corrected chi connectivity index (χ2v) is 8.64. The summed E-state index contributed by atoms with van der Waals surface area (Å²) < 4.78 is 23.9. The molecule has 172 valence electrons. The highest BCUT2D eigenvalue weighted by Crippen LogP contribution is 2.31. The van der Waals surface area contributed by atoms with Crippen LogP contribution in [0.2, 0.25) is 5.02 Å². The van der Waals surface area contributed by atoms with E-state index in [9.17, 15) is 9.59 Å². The normalized spacial score (nSPS) is 14.0. The Bertz CT molecular complexity index is 1360. The maximum Gasteiger partial charge on any atom is 0.333 e. The molecule has 0 unspecified atom stereocenters. The van der Waals surface area contributed by atoms with Crippen molar-refractivity contribution in [3.8, 4) is 11.5 Å². The van der Waals surface area contributed by atoms with Crippen LogP contribution in [0.1, 0.15) is 23.6 Å². The van der Waals surface area contributed by atoms with E-state index in [1.165, 1.54) is 22.0 Å². The van der Waals surface area contributed by atoms with Gasteiger partial charge in [-0.05, 0) is 31.2 Å². The number of nitrogens with zero attached hydrogens (tertiary/aromatic N) is 1. The van der Waals surface area contributed by atoms with E-state index in [1.807, 2.05) is 24.3 Å². The molecular formula is C24H22ClNO6S. The van der Waals surface area contributed by atoms with Gasteiger partial charge in [-0.2, -0.15) is 0 Å². The fourth-order valence-corrected chi connectivity index (χ4v) is 4.83. The summed E-state index contributed by atoms with van der Waals surface area (Å²) in [6.45, 7) is 2.63. The molecule has 0 fully saturated rings. The molecule has 0 atom stereocenters. The Hall–Kier alpha value is -3.07. The average molecular weight is 488 g/mol. The SMILES string of the molecule is CCOC(=O)/C=c1\s/c(=C/c2ccccc2OC)c(=O)n1Cc1cc(Cl)cc2c1OCOC2.